The van der Waals surface area contributed by atoms with Crippen molar-refractivity contribution in [3.63, 3.8) is 0 Å². The number of carbonyl (C=O) groups is 2. The second-order valence-corrected chi connectivity index (χ2v) is 7.64. The number of carbonyl (C=O) groups excluding carboxylic acids is 2. The summed E-state index contributed by atoms with van der Waals surface area (Å²) >= 11 is 0. The van der Waals surface area contributed by atoms with Gasteiger partial charge in [-0.25, -0.2) is 0 Å². The molecule has 0 spiro atoms. The van der Waals surface area contributed by atoms with E-state index < -0.39 is 0 Å². The zero-order valence-corrected chi connectivity index (χ0v) is 16.1. The topological polar surface area (TPSA) is 65.1 Å². The smallest absolute Gasteiger partial charge is 0.248 e. The van der Waals surface area contributed by atoms with E-state index in [0.29, 0.717) is 31.8 Å². The summed E-state index contributed by atoms with van der Waals surface area (Å²) in [5.74, 6) is 0.545. The number of nitrogens with zero attached hydrogens (tertiary/aromatic N) is 3. The fraction of sp³-hybridized carbons (Fsp3) is 0.600. The van der Waals surface area contributed by atoms with E-state index >= 15 is 0 Å². The molecule has 2 fully saturated rings. The van der Waals surface area contributed by atoms with Crippen molar-refractivity contribution in [2.75, 3.05) is 36.6 Å². The van der Waals surface area contributed by atoms with Crippen molar-refractivity contribution in [1.82, 2.24) is 10.3 Å². The fourth-order valence-electron chi connectivity index (χ4n) is 4.28. The quantitative estimate of drug-likeness (QED) is 0.818. The molecule has 4 rings (SSSR count). The molecular weight excluding hydrogens is 344 g/mol. The molecule has 0 aliphatic carbocycles. The Balaban J connectivity index is 1.67. The molecule has 0 bridgehead atoms. The van der Waals surface area contributed by atoms with Gasteiger partial charge in [-0.15, -0.1) is 0 Å². The van der Waals surface area contributed by atoms with E-state index in [1.807, 2.05) is 31.1 Å². The molecule has 146 valence electrons. The molecule has 7 nitrogen and oxygen atoms in total. The summed E-state index contributed by atoms with van der Waals surface area (Å²) in [6.07, 6.45) is 3.55. The number of fused-ring (bicyclic) bond motifs is 1. The number of hydrazine groups is 1. The Hall–Kier alpha value is -2.28. The zero-order chi connectivity index (χ0) is 19.0. The third-order valence-corrected chi connectivity index (χ3v) is 5.74. The number of para-hydroxylation sites is 1. The summed E-state index contributed by atoms with van der Waals surface area (Å²) in [5.41, 5.74) is 1.86. The minimum absolute atomic E-state index is 0.101. The largest absolute Gasteiger partial charge is 0.484 e. The second-order valence-electron chi connectivity index (χ2n) is 7.64. The molecule has 1 atom stereocenters. The Kier molecular flexibility index (Phi) is 4.95. The van der Waals surface area contributed by atoms with Crippen molar-refractivity contribution in [2.24, 2.45) is 0 Å². The molecule has 0 saturated carbocycles. The van der Waals surface area contributed by atoms with Crippen molar-refractivity contribution in [3.8, 4) is 5.75 Å². The third kappa shape index (κ3) is 3.36. The first kappa shape index (κ1) is 18.1. The van der Waals surface area contributed by atoms with Gasteiger partial charge in [0.2, 0.25) is 11.8 Å². The van der Waals surface area contributed by atoms with Crippen LogP contribution in [0.15, 0.2) is 18.2 Å². The summed E-state index contributed by atoms with van der Waals surface area (Å²) in [6, 6.07) is 6.57. The molecule has 1 N–H and O–H groups in total. The first-order chi connectivity index (χ1) is 13.1. The molecule has 2 amide bonds. The molecule has 0 unspecified atom stereocenters. The van der Waals surface area contributed by atoms with Crippen molar-refractivity contribution >= 4 is 23.2 Å². The van der Waals surface area contributed by atoms with Gasteiger partial charge >= 0.3 is 0 Å². The van der Waals surface area contributed by atoms with Gasteiger partial charge in [0.15, 0.2) is 5.75 Å². The number of piperidine rings is 2. The molecule has 1 aromatic rings. The van der Waals surface area contributed by atoms with Crippen LogP contribution in [-0.2, 0) is 9.59 Å². The first-order valence-electron chi connectivity index (χ1n) is 9.93. The predicted octanol–water partition coefficient (Wildman–Crippen LogP) is 1.92. The number of nitrogens with one attached hydrogen (secondary N) is 1. The van der Waals surface area contributed by atoms with Gasteiger partial charge in [-0.3, -0.25) is 14.6 Å². The van der Waals surface area contributed by atoms with E-state index in [4.69, 9.17) is 4.74 Å². The minimum Gasteiger partial charge on any atom is -0.484 e. The summed E-state index contributed by atoms with van der Waals surface area (Å²) in [5, 5.41) is 6.53. The van der Waals surface area contributed by atoms with E-state index in [-0.39, 0.29) is 17.9 Å². The molecule has 0 aromatic heterocycles. The lowest BCUT2D eigenvalue weighted by Gasteiger charge is -2.43. The van der Waals surface area contributed by atoms with Gasteiger partial charge in [0, 0.05) is 32.0 Å². The summed E-state index contributed by atoms with van der Waals surface area (Å²) in [7, 11) is 2.01. The van der Waals surface area contributed by atoms with Crippen LogP contribution in [0.5, 0.6) is 5.75 Å². The van der Waals surface area contributed by atoms with E-state index in [2.05, 4.69) is 16.3 Å². The highest BCUT2D eigenvalue weighted by molar-refractivity contribution is 5.99. The lowest BCUT2D eigenvalue weighted by Crippen LogP contribution is -2.56. The number of rotatable bonds is 3. The average Bonchev–Trinajstić information content (AvgIpc) is 2.67. The van der Waals surface area contributed by atoms with Crippen LogP contribution < -0.4 is 20.0 Å². The van der Waals surface area contributed by atoms with Gasteiger partial charge in [-0.05, 0) is 45.4 Å². The van der Waals surface area contributed by atoms with E-state index in [9.17, 15) is 9.59 Å². The number of hydrogen-bond acceptors (Lipinski definition) is 6. The van der Waals surface area contributed by atoms with Crippen LogP contribution in [0.3, 0.4) is 0 Å². The molecule has 7 heteroatoms. The Morgan fingerprint density at radius 2 is 1.74 bits per heavy atom. The summed E-state index contributed by atoms with van der Waals surface area (Å²) in [6.45, 7) is 4.40. The summed E-state index contributed by atoms with van der Waals surface area (Å²) in [4.78, 5) is 27.3. The van der Waals surface area contributed by atoms with Crippen molar-refractivity contribution in [3.05, 3.63) is 18.2 Å². The van der Waals surface area contributed by atoms with Crippen LogP contribution in [0.1, 0.15) is 39.0 Å². The predicted molar refractivity (Wildman–Crippen MR) is 104 cm³/mol. The Morgan fingerprint density at radius 3 is 2.41 bits per heavy atom. The molecule has 3 aliphatic heterocycles. The molecule has 0 radical (unpaired) electrons. The van der Waals surface area contributed by atoms with Crippen molar-refractivity contribution in [2.45, 2.75) is 51.2 Å². The molecule has 3 aliphatic rings. The highest BCUT2D eigenvalue weighted by Gasteiger charge is 2.37. The number of benzene rings is 1. The third-order valence-electron chi connectivity index (χ3n) is 5.74. The highest BCUT2D eigenvalue weighted by atomic mass is 16.5. The van der Waals surface area contributed by atoms with Gasteiger partial charge in [0.25, 0.3) is 0 Å². The highest BCUT2D eigenvalue weighted by Crippen LogP contribution is 2.43. The van der Waals surface area contributed by atoms with Gasteiger partial charge < -0.3 is 15.0 Å². The van der Waals surface area contributed by atoms with Crippen LogP contribution >= 0.6 is 0 Å². The molecular formula is C20H28N4O3. The fourth-order valence-corrected chi connectivity index (χ4v) is 4.28. The Morgan fingerprint density at radius 1 is 1.07 bits per heavy atom. The van der Waals surface area contributed by atoms with E-state index in [0.717, 1.165) is 43.1 Å². The maximum atomic E-state index is 12.5. The van der Waals surface area contributed by atoms with Gasteiger partial charge in [-0.2, -0.15) is 5.01 Å². The SMILES string of the molecule is CNC1CCN(c2cccc3c2O[C@H](C)CN3N2C(=O)CCCC2=O)CC1. The molecule has 1 aromatic carbocycles. The molecule has 2 saturated heterocycles. The van der Waals surface area contributed by atoms with Crippen LogP contribution in [0.2, 0.25) is 0 Å². The van der Waals surface area contributed by atoms with Gasteiger partial charge in [-0.1, -0.05) is 6.07 Å². The number of imide groups is 1. The Labute approximate surface area is 160 Å². The van der Waals surface area contributed by atoms with Crippen LogP contribution in [0.25, 0.3) is 0 Å². The normalized spacial score (nSPS) is 24.1. The van der Waals surface area contributed by atoms with Crippen LogP contribution in [-0.4, -0.2) is 55.7 Å². The number of amides is 2. The van der Waals surface area contributed by atoms with Gasteiger partial charge in [0.1, 0.15) is 11.8 Å². The minimum atomic E-state index is -0.119. The standard InChI is InChI=1S/C20H28N4O3/c1-14-13-23(24-18(25)7-4-8-19(24)26)17-6-3-5-16(20(17)27-14)22-11-9-15(21-2)10-12-22/h3,5-6,14-15,21H,4,7-13H2,1-2H3/t14-/m1/s1. The van der Waals surface area contributed by atoms with Crippen LogP contribution in [0, 0.1) is 0 Å². The average molecular weight is 372 g/mol. The molecule has 3 heterocycles. The van der Waals surface area contributed by atoms with Crippen molar-refractivity contribution < 1.29 is 14.3 Å². The number of anilines is 2. The number of hydrogen-bond donors (Lipinski definition) is 1. The van der Waals surface area contributed by atoms with Gasteiger partial charge in [0.05, 0.1) is 12.2 Å². The maximum Gasteiger partial charge on any atom is 0.248 e. The summed E-state index contributed by atoms with van der Waals surface area (Å²) < 4.78 is 6.21. The van der Waals surface area contributed by atoms with Crippen LogP contribution in [0.4, 0.5) is 11.4 Å². The molecule has 27 heavy (non-hydrogen) atoms. The zero-order valence-electron chi connectivity index (χ0n) is 16.1. The second kappa shape index (κ2) is 7.38. The number of ether oxygens (including phenoxy) is 1. The van der Waals surface area contributed by atoms with E-state index in [1.54, 1.807) is 0 Å². The Bertz CT molecular complexity index is 714. The first-order valence-corrected chi connectivity index (χ1v) is 9.93. The lowest BCUT2D eigenvalue weighted by atomic mass is 10.0. The maximum absolute atomic E-state index is 12.5. The van der Waals surface area contributed by atoms with E-state index in [1.165, 1.54) is 5.01 Å². The monoisotopic (exact) mass is 372 g/mol. The van der Waals surface area contributed by atoms with Crippen molar-refractivity contribution in [1.29, 1.82) is 0 Å². The lowest BCUT2D eigenvalue weighted by molar-refractivity contribution is -0.149.